The number of hydrogen-bond acceptors (Lipinski definition) is 5. The zero-order chi connectivity index (χ0) is 16.3. The number of rotatable bonds is 5. The van der Waals surface area contributed by atoms with Crippen LogP contribution in [0.3, 0.4) is 0 Å². The third-order valence-electron chi connectivity index (χ3n) is 4.25. The van der Waals surface area contributed by atoms with Crippen LogP contribution in [0.25, 0.3) is 0 Å². The molecule has 0 N–H and O–H groups in total. The summed E-state index contributed by atoms with van der Waals surface area (Å²) in [6.07, 6.45) is 6.14. The van der Waals surface area contributed by atoms with Crippen molar-refractivity contribution in [1.82, 2.24) is 9.88 Å². The van der Waals surface area contributed by atoms with Gasteiger partial charge in [-0.3, -0.25) is 4.90 Å². The molecule has 0 amide bonds. The molecular weight excluding hydrogens is 312 g/mol. The molecule has 1 saturated heterocycles. The van der Waals surface area contributed by atoms with E-state index in [4.69, 9.17) is 4.42 Å². The van der Waals surface area contributed by atoms with Crippen molar-refractivity contribution < 1.29 is 12.8 Å². The number of aromatic nitrogens is 1. The Hall–Kier alpha value is -1.66. The van der Waals surface area contributed by atoms with Crippen molar-refractivity contribution >= 4 is 9.84 Å². The van der Waals surface area contributed by atoms with E-state index < -0.39 is 9.84 Å². The molecule has 1 fully saturated rings. The van der Waals surface area contributed by atoms with Crippen LogP contribution in [0.2, 0.25) is 0 Å². The predicted molar refractivity (Wildman–Crippen MR) is 86.5 cm³/mol. The summed E-state index contributed by atoms with van der Waals surface area (Å²) in [6.45, 7) is 4.83. The second-order valence-electron chi connectivity index (χ2n) is 6.05. The Bertz CT molecular complexity index is 744. The van der Waals surface area contributed by atoms with Crippen molar-refractivity contribution in [2.24, 2.45) is 0 Å². The SMILES string of the molecule is Cc1o[c]nc1CS(=O)(=O)c1ccc(CN2CCCCC2)cc1. The van der Waals surface area contributed by atoms with Crippen molar-refractivity contribution in [2.45, 2.75) is 43.4 Å². The first kappa shape index (κ1) is 16.2. The van der Waals surface area contributed by atoms with Crippen LogP contribution in [0.4, 0.5) is 0 Å². The zero-order valence-electron chi connectivity index (χ0n) is 13.3. The van der Waals surface area contributed by atoms with E-state index in [1.54, 1.807) is 19.1 Å². The number of piperidine rings is 1. The van der Waals surface area contributed by atoms with Gasteiger partial charge in [0.25, 0.3) is 6.39 Å². The van der Waals surface area contributed by atoms with Crippen LogP contribution in [0.5, 0.6) is 0 Å². The summed E-state index contributed by atoms with van der Waals surface area (Å²) in [5.41, 5.74) is 1.57. The summed E-state index contributed by atoms with van der Waals surface area (Å²) in [5, 5.41) is 0. The molecule has 0 spiro atoms. The molecule has 3 rings (SSSR count). The lowest BCUT2D eigenvalue weighted by Gasteiger charge is -2.26. The third kappa shape index (κ3) is 4.00. The van der Waals surface area contributed by atoms with E-state index in [-0.39, 0.29) is 5.75 Å². The normalized spacial score (nSPS) is 16.6. The Morgan fingerprint density at radius 2 is 1.87 bits per heavy atom. The fraction of sp³-hybridized carbons (Fsp3) is 0.471. The summed E-state index contributed by atoms with van der Waals surface area (Å²) >= 11 is 0. The van der Waals surface area contributed by atoms with Crippen molar-refractivity contribution in [3.63, 3.8) is 0 Å². The summed E-state index contributed by atoms with van der Waals surface area (Å²) < 4.78 is 29.8. The first-order valence-electron chi connectivity index (χ1n) is 7.91. The lowest BCUT2D eigenvalue weighted by Crippen LogP contribution is -2.29. The Morgan fingerprint density at radius 1 is 1.17 bits per heavy atom. The van der Waals surface area contributed by atoms with Crippen molar-refractivity contribution in [1.29, 1.82) is 0 Å². The van der Waals surface area contributed by atoms with Crippen LogP contribution in [0.1, 0.15) is 36.3 Å². The maximum absolute atomic E-state index is 12.4. The van der Waals surface area contributed by atoms with Crippen LogP contribution < -0.4 is 0 Å². The van der Waals surface area contributed by atoms with Gasteiger partial charge in [0.2, 0.25) is 0 Å². The molecule has 1 aromatic carbocycles. The van der Waals surface area contributed by atoms with Gasteiger partial charge in [-0.2, -0.15) is 0 Å². The fourth-order valence-electron chi connectivity index (χ4n) is 2.86. The van der Waals surface area contributed by atoms with Gasteiger partial charge in [0.15, 0.2) is 9.84 Å². The van der Waals surface area contributed by atoms with E-state index in [1.165, 1.54) is 19.3 Å². The van der Waals surface area contributed by atoms with Gasteiger partial charge in [-0.05, 0) is 50.6 Å². The fourth-order valence-corrected chi connectivity index (χ4v) is 4.20. The third-order valence-corrected chi connectivity index (χ3v) is 5.89. The highest BCUT2D eigenvalue weighted by molar-refractivity contribution is 7.90. The average molecular weight is 333 g/mol. The smallest absolute Gasteiger partial charge is 0.284 e. The molecule has 23 heavy (non-hydrogen) atoms. The molecule has 0 bridgehead atoms. The number of oxazole rings is 1. The molecule has 0 atom stereocenters. The summed E-state index contributed by atoms with van der Waals surface area (Å²) in [7, 11) is -3.41. The Morgan fingerprint density at radius 3 is 2.48 bits per heavy atom. The topological polar surface area (TPSA) is 63.4 Å². The van der Waals surface area contributed by atoms with Crippen molar-refractivity contribution in [3.05, 3.63) is 47.7 Å². The second kappa shape index (κ2) is 6.84. The predicted octanol–water partition coefficient (Wildman–Crippen LogP) is 2.74. The first-order valence-corrected chi connectivity index (χ1v) is 9.56. The van der Waals surface area contributed by atoms with E-state index in [2.05, 4.69) is 16.3 Å². The average Bonchev–Trinajstić information content (AvgIpc) is 2.93. The van der Waals surface area contributed by atoms with Gasteiger partial charge in [-0.25, -0.2) is 13.4 Å². The molecular formula is C17H21N2O3S. The molecule has 123 valence electrons. The van der Waals surface area contributed by atoms with Gasteiger partial charge < -0.3 is 4.42 Å². The summed E-state index contributed by atoms with van der Waals surface area (Å²) in [5.74, 6) is 0.340. The van der Waals surface area contributed by atoms with Crippen LogP contribution >= 0.6 is 0 Å². The molecule has 5 nitrogen and oxygen atoms in total. The Balaban J connectivity index is 1.69. The number of likely N-dealkylation sites (tertiary alicyclic amines) is 1. The van der Waals surface area contributed by atoms with Gasteiger partial charge in [0, 0.05) is 6.54 Å². The van der Waals surface area contributed by atoms with E-state index in [0.717, 1.165) is 25.2 Å². The van der Waals surface area contributed by atoms with E-state index in [1.807, 2.05) is 12.1 Å². The molecule has 1 radical (unpaired) electrons. The van der Waals surface area contributed by atoms with Gasteiger partial charge in [-0.15, -0.1) is 0 Å². The minimum atomic E-state index is -3.41. The van der Waals surface area contributed by atoms with Crippen molar-refractivity contribution in [3.8, 4) is 0 Å². The second-order valence-corrected chi connectivity index (χ2v) is 8.04. The number of benzene rings is 1. The quantitative estimate of drug-likeness (QED) is 0.842. The molecule has 1 aromatic heterocycles. The molecule has 0 saturated carbocycles. The highest BCUT2D eigenvalue weighted by atomic mass is 32.2. The molecule has 1 aliphatic heterocycles. The summed E-state index contributed by atoms with van der Waals surface area (Å²) in [6, 6.07) is 7.19. The Kier molecular flexibility index (Phi) is 4.82. The molecule has 2 aromatic rings. The lowest BCUT2D eigenvalue weighted by atomic mass is 10.1. The van der Waals surface area contributed by atoms with E-state index >= 15 is 0 Å². The number of aryl methyl sites for hydroxylation is 1. The highest BCUT2D eigenvalue weighted by Gasteiger charge is 2.19. The minimum Gasteiger partial charge on any atom is -0.438 e. The summed E-state index contributed by atoms with van der Waals surface area (Å²) in [4.78, 5) is 6.58. The maximum atomic E-state index is 12.4. The Labute approximate surface area is 137 Å². The highest BCUT2D eigenvalue weighted by Crippen LogP contribution is 2.19. The largest absolute Gasteiger partial charge is 0.438 e. The molecule has 0 aliphatic carbocycles. The molecule has 0 unspecified atom stereocenters. The standard InChI is InChI=1S/C17H21N2O3S/c1-14-17(18-13-22-14)12-23(20,21)16-7-5-15(6-8-16)11-19-9-3-2-4-10-19/h5-8H,2-4,9-12H2,1H3. The van der Waals surface area contributed by atoms with Gasteiger partial charge >= 0.3 is 0 Å². The minimum absolute atomic E-state index is 0.155. The van der Waals surface area contributed by atoms with Gasteiger partial charge in [-0.1, -0.05) is 18.6 Å². The monoisotopic (exact) mass is 333 g/mol. The molecule has 1 aliphatic rings. The maximum Gasteiger partial charge on any atom is 0.284 e. The molecule has 2 heterocycles. The zero-order valence-corrected chi connectivity index (χ0v) is 14.1. The van der Waals surface area contributed by atoms with Gasteiger partial charge in [0.05, 0.1) is 10.6 Å². The number of nitrogens with zero attached hydrogens (tertiary/aromatic N) is 2. The van der Waals surface area contributed by atoms with E-state index in [9.17, 15) is 8.42 Å². The van der Waals surface area contributed by atoms with Crippen LogP contribution in [-0.2, 0) is 22.1 Å². The van der Waals surface area contributed by atoms with Crippen LogP contribution in [0, 0.1) is 13.3 Å². The van der Waals surface area contributed by atoms with Gasteiger partial charge in [0.1, 0.15) is 11.5 Å². The van der Waals surface area contributed by atoms with Crippen LogP contribution in [0.15, 0.2) is 33.6 Å². The number of sulfone groups is 1. The molecule has 6 heteroatoms. The van der Waals surface area contributed by atoms with Crippen molar-refractivity contribution in [2.75, 3.05) is 13.1 Å². The van der Waals surface area contributed by atoms with Crippen LogP contribution in [-0.4, -0.2) is 31.4 Å². The lowest BCUT2D eigenvalue weighted by molar-refractivity contribution is 0.221. The van der Waals surface area contributed by atoms with E-state index in [0.29, 0.717) is 16.3 Å². The first-order chi connectivity index (χ1) is 11.0. The number of hydrogen-bond donors (Lipinski definition) is 0.